The Morgan fingerprint density at radius 3 is 2.82 bits per heavy atom. The van der Waals surface area contributed by atoms with Crippen LogP contribution in [0.4, 0.5) is 5.82 Å². The van der Waals surface area contributed by atoms with Crippen LogP contribution in [0.5, 0.6) is 0 Å². The van der Waals surface area contributed by atoms with E-state index in [1.807, 2.05) is 6.07 Å². The van der Waals surface area contributed by atoms with Crippen molar-refractivity contribution in [2.75, 3.05) is 19.0 Å². The minimum absolute atomic E-state index is 0.193. The Hall–Kier alpha value is -1.50. The average molecular weight is 333 g/mol. The summed E-state index contributed by atoms with van der Waals surface area (Å²) in [5.41, 5.74) is 1.25. The SMILES string of the molecule is COCC(C)Nc1nc(-c2cccs2)nc2sc(C)c(C)c12. The van der Waals surface area contributed by atoms with Crippen LogP contribution in [0.3, 0.4) is 0 Å². The summed E-state index contributed by atoms with van der Waals surface area (Å²) in [6.07, 6.45) is 0. The number of hydrogen-bond acceptors (Lipinski definition) is 6. The summed E-state index contributed by atoms with van der Waals surface area (Å²) in [6, 6.07) is 4.28. The van der Waals surface area contributed by atoms with Gasteiger partial charge in [0.15, 0.2) is 5.82 Å². The van der Waals surface area contributed by atoms with Crippen molar-refractivity contribution in [2.45, 2.75) is 26.8 Å². The number of ether oxygens (including phenoxy) is 1. The van der Waals surface area contributed by atoms with Gasteiger partial charge in [-0.05, 0) is 37.8 Å². The van der Waals surface area contributed by atoms with E-state index in [0.717, 1.165) is 26.7 Å². The molecule has 0 aromatic carbocycles. The van der Waals surface area contributed by atoms with Crippen molar-refractivity contribution in [3.63, 3.8) is 0 Å². The van der Waals surface area contributed by atoms with Crippen LogP contribution in [0.1, 0.15) is 17.4 Å². The molecule has 3 aromatic rings. The van der Waals surface area contributed by atoms with Crippen LogP contribution in [0.2, 0.25) is 0 Å². The molecule has 3 heterocycles. The first kappa shape index (κ1) is 15.4. The molecule has 1 atom stereocenters. The van der Waals surface area contributed by atoms with Gasteiger partial charge < -0.3 is 10.1 Å². The fourth-order valence-electron chi connectivity index (χ4n) is 2.40. The third-order valence-electron chi connectivity index (χ3n) is 3.57. The third kappa shape index (κ3) is 2.86. The normalized spacial score (nSPS) is 12.7. The van der Waals surface area contributed by atoms with E-state index in [-0.39, 0.29) is 6.04 Å². The van der Waals surface area contributed by atoms with E-state index < -0.39 is 0 Å². The van der Waals surface area contributed by atoms with E-state index >= 15 is 0 Å². The summed E-state index contributed by atoms with van der Waals surface area (Å²) < 4.78 is 5.22. The molecule has 0 bridgehead atoms. The van der Waals surface area contributed by atoms with Crippen molar-refractivity contribution in [1.29, 1.82) is 0 Å². The quantitative estimate of drug-likeness (QED) is 0.747. The number of aromatic nitrogens is 2. The summed E-state index contributed by atoms with van der Waals surface area (Å²) >= 11 is 3.39. The standard InChI is InChI=1S/C16H19N3OS2/c1-9(8-20-4)17-15-13-10(2)11(3)22-16(13)19-14(18-15)12-6-5-7-21-12/h5-7,9H,8H2,1-4H3,(H,17,18,19). The maximum absolute atomic E-state index is 5.22. The van der Waals surface area contributed by atoms with Crippen molar-refractivity contribution in [1.82, 2.24) is 9.97 Å². The van der Waals surface area contributed by atoms with E-state index in [1.54, 1.807) is 29.8 Å². The Balaban J connectivity index is 2.13. The molecule has 0 saturated heterocycles. The topological polar surface area (TPSA) is 47.0 Å². The fraction of sp³-hybridized carbons (Fsp3) is 0.375. The van der Waals surface area contributed by atoms with Gasteiger partial charge in [0.05, 0.1) is 16.9 Å². The van der Waals surface area contributed by atoms with Gasteiger partial charge in [0.2, 0.25) is 0 Å². The van der Waals surface area contributed by atoms with Crippen LogP contribution >= 0.6 is 22.7 Å². The molecule has 116 valence electrons. The van der Waals surface area contributed by atoms with E-state index in [2.05, 4.69) is 37.5 Å². The highest BCUT2D eigenvalue weighted by molar-refractivity contribution is 7.19. The van der Waals surface area contributed by atoms with Crippen molar-refractivity contribution in [3.8, 4) is 10.7 Å². The molecule has 0 aliphatic heterocycles. The van der Waals surface area contributed by atoms with E-state index in [1.165, 1.54) is 10.4 Å². The van der Waals surface area contributed by atoms with Crippen molar-refractivity contribution in [2.24, 2.45) is 0 Å². The van der Waals surface area contributed by atoms with Crippen LogP contribution in [-0.2, 0) is 4.74 Å². The van der Waals surface area contributed by atoms with E-state index in [0.29, 0.717) is 6.61 Å². The minimum atomic E-state index is 0.193. The number of thiophene rings is 2. The lowest BCUT2D eigenvalue weighted by molar-refractivity contribution is 0.190. The summed E-state index contributed by atoms with van der Waals surface area (Å²) in [5, 5.41) is 6.66. The predicted octanol–water partition coefficient (Wildman–Crippen LogP) is 4.48. The number of fused-ring (bicyclic) bond motifs is 1. The summed E-state index contributed by atoms with van der Waals surface area (Å²) in [4.78, 5) is 13.0. The number of anilines is 1. The molecule has 4 nitrogen and oxygen atoms in total. The van der Waals surface area contributed by atoms with Gasteiger partial charge in [0.1, 0.15) is 10.6 Å². The molecule has 0 fully saturated rings. The van der Waals surface area contributed by atoms with Gasteiger partial charge in [0, 0.05) is 18.0 Å². The molecule has 0 spiro atoms. The number of nitrogens with one attached hydrogen (secondary N) is 1. The van der Waals surface area contributed by atoms with Crippen molar-refractivity contribution >= 4 is 38.7 Å². The Morgan fingerprint density at radius 1 is 1.32 bits per heavy atom. The van der Waals surface area contributed by atoms with Crippen LogP contribution in [0, 0.1) is 13.8 Å². The molecule has 0 aliphatic rings. The second-order valence-electron chi connectivity index (χ2n) is 5.34. The first-order chi connectivity index (χ1) is 10.6. The highest BCUT2D eigenvalue weighted by atomic mass is 32.1. The molecule has 0 amide bonds. The maximum atomic E-state index is 5.22. The fourth-order valence-corrected chi connectivity index (χ4v) is 4.08. The number of aryl methyl sites for hydroxylation is 2. The molecule has 1 N–H and O–H groups in total. The van der Waals surface area contributed by atoms with E-state index in [4.69, 9.17) is 14.7 Å². The molecule has 22 heavy (non-hydrogen) atoms. The zero-order valence-corrected chi connectivity index (χ0v) is 14.8. The molecular formula is C16H19N3OS2. The van der Waals surface area contributed by atoms with Gasteiger partial charge in [-0.15, -0.1) is 22.7 Å². The van der Waals surface area contributed by atoms with Crippen molar-refractivity contribution < 1.29 is 4.74 Å². The van der Waals surface area contributed by atoms with Gasteiger partial charge in [-0.2, -0.15) is 0 Å². The van der Waals surface area contributed by atoms with Crippen LogP contribution in [-0.4, -0.2) is 29.7 Å². The molecule has 0 saturated carbocycles. The molecular weight excluding hydrogens is 314 g/mol. The van der Waals surface area contributed by atoms with Gasteiger partial charge in [-0.1, -0.05) is 6.07 Å². The van der Waals surface area contributed by atoms with Gasteiger partial charge in [-0.3, -0.25) is 0 Å². The second-order valence-corrected chi connectivity index (χ2v) is 7.49. The van der Waals surface area contributed by atoms with Crippen LogP contribution in [0.15, 0.2) is 17.5 Å². The van der Waals surface area contributed by atoms with Gasteiger partial charge in [0.25, 0.3) is 0 Å². The zero-order valence-electron chi connectivity index (χ0n) is 13.1. The van der Waals surface area contributed by atoms with Gasteiger partial charge in [-0.25, -0.2) is 9.97 Å². The number of nitrogens with zero attached hydrogens (tertiary/aromatic N) is 2. The molecule has 3 rings (SSSR count). The predicted molar refractivity (Wildman–Crippen MR) is 95.2 cm³/mol. The Bertz CT molecular complexity index is 780. The van der Waals surface area contributed by atoms with Crippen LogP contribution < -0.4 is 5.32 Å². The lowest BCUT2D eigenvalue weighted by Crippen LogP contribution is -2.21. The molecule has 6 heteroatoms. The Kier molecular flexibility index (Phi) is 4.42. The number of rotatable bonds is 5. The Morgan fingerprint density at radius 2 is 2.14 bits per heavy atom. The monoisotopic (exact) mass is 333 g/mol. The molecule has 3 aromatic heterocycles. The summed E-state index contributed by atoms with van der Waals surface area (Å²) in [6.45, 7) is 7.00. The number of methoxy groups -OCH3 is 1. The van der Waals surface area contributed by atoms with Crippen molar-refractivity contribution in [3.05, 3.63) is 28.0 Å². The maximum Gasteiger partial charge on any atom is 0.173 e. The largest absolute Gasteiger partial charge is 0.383 e. The first-order valence-electron chi connectivity index (χ1n) is 7.17. The molecule has 1 unspecified atom stereocenters. The average Bonchev–Trinajstić information content (AvgIpc) is 3.08. The second kappa shape index (κ2) is 6.32. The molecule has 0 radical (unpaired) electrons. The lowest BCUT2D eigenvalue weighted by atomic mass is 10.2. The third-order valence-corrected chi connectivity index (χ3v) is 5.54. The highest BCUT2D eigenvalue weighted by Crippen LogP contribution is 2.35. The minimum Gasteiger partial charge on any atom is -0.383 e. The van der Waals surface area contributed by atoms with E-state index in [9.17, 15) is 0 Å². The van der Waals surface area contributed by atoms with Crippen LogP contribution in [0.25, 0.3) is 20.9 Å². The highest BCUT2D eigenvalue weighted by Gasteiger charge is 2.17. The first-order valence-corrected chi connectivity index (χ1v) is 8.87. The lowest BCUT2D eigenvalue weighted by Gasteiger charge is -2.15. The number of hydrogen-bond donors (Lipinski definition) is 1. The molecule has 0 aliphatic carbocycles. The summed E-state index contributed by atoms with van der Waals surface area (Å²) in [7, 11) is 1.71. The Labute approximate surface area is 138 Å². The van der Waals surface area contributed by atoms with Gasteiger partial charge >= 0.3 is 0 Å². The smallest absolute Gasteiger partial charge is 0.173 e. The summed E-state index contributed by atoms with van der Waals surface area (Å²) in [5.74, 6) is 1.69. The zero-order chi connectivity index (χ0) is 15.7.